The van der Waals surface area contributed by atoms with E-state index in [9.17, 15) is 14.4 Å². The third-order valence-corrected chi connectivity index (χ3v) is 5.80. The molecular weight excluding hydrogens is 378 g/mol. The summed E-state index contributed by atoms with van der Waals surface area (Å²) in [5, 5.41) is 0. The van der Waals surface area contributed by atoms with Crippen molar-refractivity contribution in [2.24, 2.45) is 0 Å². The fourth-order valence-corrected chi connectivity index (χ4v) is 4.35. The van der Waals surface area contributed by atoms with Crippen molar-refractivity contribution < 1.29 is 14.4 Å². The van der Waals surface area contributed by atoms with Gasteiger partial charge in [0, 0.05) is 18.9 Å². The van der Waals surface area contributed by atoms with E-state index in [1.165, 1.54) is 5.56 Å². The van der Waals surface area contributed by atoms with E-state index in [0.29, 0.717) is 17.7 Å². The van der Waals surface area contributed by atoms with E-state index in [-0.39, 0.29) is 18.5 Å². The first-order valence-electron chi connectivity index (χ1n) is 9.87. The fourth-order valence-electron chi connectivity index (χ4n) is 4.35. The standard InChI is InChI=1S/C24H19N3O3/c28-21(15-27-23(29)19-7-3-4-8-20(19)24(27)30)26-14-11-16-5-1-2-6-18(16)22(26)17-9-12-25-13-10-17/h1-10,12-13,22H,11,14-15H2. The van der Waals surface area contributed by atoms with Crippen LogP contribution in [0.15, 0.2) is 73.1 Å². The smallest absolute Gasteiger partial charge is 0.262 e. The first kappa shape index (κ1) is 18.2. The number of nitrogens with zero attached hydrogens (tertiary/aromatic N) is 3. The number of aromatic nitrogens is 1. The average molecular weight is 397 g/mol. The van der Waals surface area contributed by atoms with Crippen molar-refractivity contribution in [2.45, 2.75) is 12.5 Å². The maximum atomic E-state index is 13.4. The summed E-state index contributed by atoms with van der Waals surface area (Å²) >= 11 is 0. The summed E-state index contributed by atoms with van der Waals surface area (Å²) in [5.74, 6) is -1.08. The molecule has 3 heterocycles. The highest BCUT2D eigenvalue weighted by Crippen LogP contribution is 2.35. The first-order valence-corrected chi connectivity index (χ1v) is 9.87. The summed E-state index contributed by atoms with van der Waals surface area (Å²) in [4.78, 5) is 45.7. The van der Waals surface area contributed by atoms with Gasteiger partial charge in [-0.25, -0.2) is 0 Å². The number of pyridine rings is 1. The quantitative estimate of drug-likeness (QED) is 0.637. The minimum absolute atomic E-state index is 0.249. The molecule has 2 aliphatic heterocycles. The minimum Gasteiger partial charge on any atom is -0.330 e. The molecule has 5 rings (SSSR count). The molecule has 0 aliphatic carbocycles. The number of imide groups is 1. The van der Waals surface area contributed by atoms with Crippen LogP contribution in [0.5, 0.6) is 0 Å². The molecule has 0 radical (unpaired) electrons. The second kappa shape index (κ2) is 7.22. The monoisotopic (exact) mass is 397 g/mol. The second-order valence-corrected chi connectivity index (χ2v) is 7.46. The van der Waals surface area contributed by atoms with E-state index in [2.05, 4.69) is 11.1 Å². The molecule has 30 heavy (non-hydrogen) atoms. The molecule has 1 unspecified atom stereocenters. The topological polar surface area (TPSA) is 70.6 Å². The molecule has 0 fully saturated rings. The molecule has 0 N–H and O–H groups in total. The zero-order valence-corrected chi connectivity index (χ0v) is 16.2. The number of amides is 3. The van der Waals surface area contributed by atoms with Crippen molar-refractivity contribution in [2.75, 3.05) is 13.1 Å². The molecular formula is C24H19N3O3. The van der Waals surface area contributed by atoms with E-state index in [1.807, 2.05) is 30.3 Å². The Hall–Kier alpha value is -3.80. The Kier molecular flexibility index (Phi) is 4.39. The van der Waals surface area contributed by atoms with Crippen molar-refractivity contribution >= 4 is 17.7 Å². The zero-order chi connectivity index (χ0) is 20.7. The molecule has 0 saturated carbocycles. The lowest BCUT2D eigenvalue weighted by atomic mass is 9.88. The Bertz CT molecular complexity index is 1120. The lowest BCUT2D eigenvalue weighted by molar-refractivity contribution is -0.133. The summed E-state index contributed by atoms with van der Waals surface area (Å²) in [7, 11) is 0. The van der Waals surface area contributed by atoms with Crippen LogP contribution in [0.25, 0.3) is 0 Å². The van der Waals surface area contributed by atoms with E-state index in [0.717, 1.165) is 22.4 Å². The molecule has 3 amide bonds. The van der Waals surface area contributed by atoms with Crippen LogP contribution in [0.3, 0.4) is 0 Å². The van der Waals surface area contributed by atoms with Crippen LogP contribution in [0.1, 0.15) is 43.4 Å². The van der Waals surface area contributed by atoms with Gasteiger partial charge in [0.2, 0.25) is 5.91 Å². The Balaban J connectivity index is 1.47. The van der Waals surface area contributed by atoms with Gasteiger partial charge >= 0.3 is 0 Å². The number of hydrogen-bond acceptors (Lipinski definition) is 4. The number of rotatable bonds is 3. The van der Waals surface area contributed by atoms with Crippen LogP contribution >= 0.6 is 0 Å². The van der Waals surface area contributed by atoms with Crippen LogP contribution in [-0.2, 0) is 11.2 Å². The van der Waals surface area contributed by atoms with Crippen LogP contribution in [0, 0.1) is 0 Å². The molecule has 0 bridgehead atoms. The molecule has 6 heteroatoms. The largest absolute Gasteiger partial charge is 0.330 e. The number of benzene rings is 2. The summed E-state index contributed by atoms with van der Waals surface area (Å²) in [6.45, 7) is 0.252. The minimum atomic E-state index is -0.415. The van der Waals surface area contributed by atoms with E-state index >= 15 is 0 Å². The van der Waals surface area contributed by atoms with Crippen molar-refractivity contribution in [1.29, 1.82) is 0 Å². The van der Waals surface area contributed by atoms with Crippen molar-refractivity contribution in [1.82, 2.24) is 14.8 Å². The predicted molar refractivity (Wildman–Crippen MR) is 110 cm³/mol. The first-order chi connectivity index (χ1) is 14.6. The average Bonchev–Trinajstić information content (AvgIpc) is 3.04. The van der Waals surface area contributed by atoms with Gasteiger partial charge in [-0.3, -0.25) is 24.3 Å². The van der Waals surface area contributed by atoms with Gasteiger partial charge < -0.3 is 4.90 Å². The molecule has 148 valence electrons. The van der Waals surface area contributed by atoms with E-state index < -0.39 is 11.8 Å². The van der Waals surface area contributed by atoms with Gasteiger partial charge in [-0.05, 0) is 47.4 Å². The Morgan fingerprint density at radius 3 is 2.23 bits per heavy atom. The SMILES string of the molecule is O=C1c2ccccc2C(=O)N1CC(=O)N1CCc2ccccc2C1c1ccncc1. The molecule has 0 saturated heterocycles. The third-order valence-electron chi connectivity index (χ3n) is 5.80. The van der Waals surface area contributed by atoms with E-state index in [1.54, 1.807) is 41.6 Å². The van der Waals surface area contributed by atoms with Crippen molar-refractivity contribution in [3.8, 4) is 0 Å². The van der Waals surface area contributed by atoms with Crippen molar-refractivity contribution in [3.05, 3.63) is 101 Å². The van der Waals surface area contributed by atoms with Gasteiger partial charge in [0.05, 0.1) is 17.2 Å². The lowest BCUT2D eigenvalue weighted by Gasteiger charge is -2.38. The van der Waals surface area contributed by atoms with Gasteiger partial charge in [0.25, 0.3) is 11.8 Å². The molecule has 1 atom stereocenters. The van der Waals surface area contributed by atoms with Crippen LogP contribution in [0.2, 0.25) is 0 Å². The zero-order valence-electron chi connectivity index (χ0n) is 16.2. The number of carbonyl (C=O) groups excluding carboxylic acids is 3. The lowest BCUT2D eigenvalue weighted by Crippen LogP contribution is -2.47. The van der Waals surface area contributed by atoms with Crippen molar-refractivity contribution in [3.63, 3.8) is 0 Å². The van der Waals surface area contributed by atoms with Gasteiger partial charge in [-0.1, -0.05) is 36.4 Å². The van der Waals surface area contributed by atoms with Gasteiger partial charge in [0.15, 0.2) is 0 Å². The number of carbonyl (C=O) groups is 3. The maximum absolute atomic E-state index is 13.4. The third kappa shape index (κ3) is 2.88. The summed E-state index contributed by atoms with van der Waals surface area (Å²) in [5.41, 5.74) is 3.91. The summed E-state index contributed by atoms with van der Waals surface area (Å²) in [6, 6.07) is 18.3. The molecule has 1 aromatic heterocycles. The summed E-state index contributed by atoms with van der Waals surface area (Å²) in [6.07, 6.45) is 4.14. The predicted octanol–water partition coefficient (Wildman–Crippen LogP) is 2.85. The second-order valence-electron chi connectivity index (χ2n) is 7.46. The van der Waals surface area contributed by atoms with Gasteiger partial charge in [-0.15, -0.1) is 0 Å². The highest BCUT2D eigenvalue weighted by Gasteiger charge is 2.39. The molecule has 3 aromatic rings. The van der Waals surface area contributed by atoms with E-state index in [4.69, 9.17) is 0 Å². The van der Waals surface area contributed by atoms with Crippen LogP contribution in [0.4, 0.5) is 0 Å². The molecule has 2 aliphatic rings. The Morgan fingerprint density at radius 2 is 1.53 bits per heavy atom. The number of hydrogen-bond donors (Lipinski definition) is 0. The maximum Gasteiger partial charge on any atom is 0.262 e. The van der Waals surface area contributed by atoms with Crippen LogP contribution in [-0.4, -0.2) is 45.6 Å². The van der Waals surface area contributed by atoms with Crippen LogP contribution < -0.4 is 0 Å². The Labute approximate surface area is 173 Å². The highest BCUT2D eigenvalue weighted by molar-refractivity contribution is 6.22. The van der Waals surface area contributed by atoms with Gasteiger partial charge in [-0.2, -0.15) is 0 Å². The fraction of sp³-hybridized carbons (Fsp3) is 0.167. The summed E-state index contributed by atoms with van der Waals surface area (Å²) < 4.78 is 0. The number of fused-ring (bicyclic) bond motifs is 2. The molecule has 6 nitrogen and oxygen atoms in total. The highest BCUT2D eigenvalue weighted by atomic mass is 16.2. The Morgan fingerprint density at radius 1 is 0.900 bits per heavy atom. The molecule has 2 aromatic carbocycles. The normalized spacial score (nSPS) is 17.7. The molecule has 0 spiro atoms. The van der Waals surface area contributed by atoms with Gasteiger partial charge in [0.1, 0.15) is 6.54 Å².